The van der Waals surface area contributed by atoms with Gasteiger partial charge in [-0.2, -0.15) is 0 Å². The van der Waals surface area contributed by atoms with Gasteiger partial charge < -0.3 is 5.11 Å². The van der Waals surface area contributed by atoms with Crippen molar-refractivity contribution in [2.75, 3.05) is 0 Å². The molecule has 0 spiro atoms. The van der Waals surface area contributed by atoms with E-state index in [4.69, 9.17) is 0 Å². The molecule has 0 aliphatic rings. The van der Waals surface area contributed by atoms with Gasteiger partial charge in [-0.05, 0) is 57.4 Å². The molecule has 0 radical (unpaired) electrons. The zero-order valence-corrected chi connectivity index (χ0v) is 12.9. The van der Waals surface area contributed by atoms with Gasteiger partial charge >= 0.3 is 0 Å². The van der Waals surface area contributed by atoms with Gasteiger partial charge in [-0.3, -0.25) is 0 Å². The van der Waals surface area contributed by atoms with Crippen LogP contribution in [0.25, 0.3) is 0 Å². The third kappa shape index (κ3) is 3.61. The molecule has 0 heterocycles. The third-order valence-corrected chi connectivity index (χ3v) is 3.85. The first-order chi connectivity index (χ1) is 8.97. The van der Waals surface area contributed by atoms with Crippen molar-refractivity contribution in [1.29, 1.82) is 0 Å². The summed E-state index contributed by atoms with van der Waals surface area (Å²) in [6, 6.07) is 8.81. The normalized spacial score (nSPS) is 12.5. The van der Waals surface area contributed by atoms with Crippen LogP contribution < -0.4 is 0 Å². The molecule has 1 unspecified atom stereocenters. The summed E-state index contributed by atoms with van der Waals surface area (Å²) < 4.78 is 27.7. The van der Waals surface area contributed by atoms with Crippen molar-refractivity contribution in [3.63, 3.8) is 0 Å². The summed E-state index contributed by atoms with van der Waals surface area (Å²) >= 11 is 6.32. The predicted molar refractivity (Wildman–Crippen MR) is 76.9 cm³/mol. The molecule has 0 saturated heterocycles. The van der Waals surface area contributed by atoms with Crippen LogP contribution in [-0.2, 0) is 6.42 Å². The van der Waals surface area contributed by atoms with E-state index in [1.54, 1.807) is 12.1 Å². The van der Waals surface area contributed by atoms with Crippen LogP contribution in [0.3, 0.4) is 0 Å². The fourth-order valence-electron chi connectivity index (χ4n) is 1.75. The molecule has 0 amide bonds. The summed E-state index contributed by atoms with van der Waals surface area (Å²) in [6.45, 7) is 0. The Morgan fingerprint density at radius 3 is 2.37 bits per heavy atom. The van der Waals surface area contributed by atoms with Crippen molar-refractivity contribution < 1.29 is 13.9 Å². The highest BCUT2D eigenvalue weighted by Gasteiger charge is 2.13. The number of aliphatic hydroxyl groups is 1. The quantitative estimate of drug-likeness (QED) is 0.799. The second kappa shape index (κ2) is 6.11. The van der Waals surface area contributed by atoms with E-state index in [0.29, 0.717) is 11.1 Å². The first-order valence-corrected chi connectivity index (χ1v) is 7.13. The van der Waals surface area contributed by atoms with Gasteiger partial charge in [0.2, 0.25) is 0 Å². The van der Waals surface area contributed by atoms with E-state index in [1.165, 1.54) is 24.3 Å². The van der Waals surface area contributed by atoms with E-state index in [0.717, 1.165) is 4.47 Å². The second-order valence-electron chi connectivity index (χ2n) is 4.13. The fourth-order valence-corrected chi connectivity index (χ4v) is 2.55. The molecule has 1 atom stereocenters. The van der Waals surface area contributed by atoms with Crippen molar-refractivity contribution in [3.8, 4) is 0 Å². The fraction of sp³-hybridized carbons (Fsp3) is 0.143. The molecule has 0 aromatic heterocycles. The highest BCUT2D eigenvalue weighted by Crippen LogP contribution is 2.25. The van der Waals surface area contributed by atoms with Crippen LogP contribution in [0.2, 0.25) is 0 Å². The van der Waals surface area contributed by atoms with Crippen LogP contribution in [-0.4, -0.2) is 5.11 Å². The van der Waals surface area contributed by atoms with Crippen LogP contribution in [0.15, 0.2) is 45.3 Å². The number of halogens is 4. The minimum Gasteiger partial charge on any atom is -0.388 e. The summed E-state index contributed by atoms with van der Waals surface area (Å²) in [7, 11) is 0. The summed E-state index contributed by atoms with van der Waals surface area (Å²) in [4.78, 5) is 0. The molecule has 0 aliphatic carbocycles. The molecule has 0 saturated carbocycles. The van der Waals surface area contributed by atoms with Gasteiger partial charge in [-0.15, -0.1) is 0 Å². The summed E-state index contributed by atoms with van der Waals surface area (Å²) in [5.74, 6) is -0.770. The molecule has 100 valence electrons. The van der Waals surface area contributed by atoms with E-state index in [2.05, 4.69) is 31.9 Å². The molecule has 0 fully saturated rings. The van der Waals surface area contributed by atoms with Gasteiger partial charge in [0.05, 0.1) is 10.6 Å². The van der Waals surface area contributed by atoms with E-state index in [9.17, 15) is 13.9 Å². The average Bonchev–Trinajstić information content (AvgIpc) is 2.37. The number of rotatable bonds is 3. The van der Waals surface area contributed by atoms with Crippen molar-refractivity contribution in [2.45, 2.75) is 12.5 Å². The maximum atomic E-state index is 13.6. The number of aliphatic hydroxyl groups excluding tert-OH is 1. The number of benzene rings is 2. The van der Waals surface area contributed by atoms with Gasteiger partial charge in [-0.25, -0.2) is 8.78 Å². The Kier molecular flexibility index (Phi) is 4.71. The Morgan fingerprint density at radius 2 is 1.68 bits per heavy atom. The Hall–Kier alpha value is -0.780. The second-order valence-corrected chi connectivity index (χ2v) is 5.90. The van der Waals surface area contributed by atoms with Crippen LogP contribution in [0.1, 0.15) is 17.2 Å². The lowest BCUT2D eigenvalue weighted by atomic mass is 10.0. The van der Waals surface area contributed by atoms with Gasteiger partial charge in [0.15, 0.2) is 0 Å². The van der Waals surface area contributed by atoms with Crippen molar-refractivity contribution in [3.05, 3.63) is 68.1 Å². The SMILES string of the molecule is OC(Cc1cc(Br)ccc1F)c1ccc(F)c(Br)c1. The molecule has 19 heavy (non-hydrogen) atoms. The maximum Gasteiger partial charge on any atom is 0.137 e. The molecular weight excluding hydrogens is 382 g/mol. The monoisotopic (exact) mass is 390 g/mol. The van der Waals surface area contributed by atoms with Crippen LogP contribution in [0, 0.1) is 11.6 Å². The van der Waals surface area contributed by atoms with Crippen LogP contribution >= 0.6 is 31.9 Å². The van der Waals surface area contributed by atoms with Gasteiger partial charge in [-0.1, -0.05) is 22.0 Å². The predicted octanol–water partition coefficient (Wildman–Crippen LogP) is 4.77. The Balaban J connectivity index is 2.22. The highest BCUT2D eigenvalue weighted by atomic mass is 79.9. The highest BCUT2D eigenvalue weighted by molar-refractivity contribution is 9.10. The van der Waals surface area contributed by atoms with E-state index in [1.807, 2.05) is 0 Å². The van der Waals surface area contributed by atoms with Gasteiger partial charge in [0.25, 0.3) is 0 Å². The Labute approximate surface area is 126 Å². The van der Waals surface area contributed by atoms with Crippen molar-refractivity contribution in [2.24, 2.45) is 0 Å². The average molecular weight is 392 g/mol. The summed E-state index contributed by atoms with van der Waals surface area (Å²) in [6.07, 6.45) is -0.760. The van der Waals surface area contributed by atoms with E-state index in [-0.39, 0.29) is 16.7 Å². The molecule has 0 aliphatic heterocycles. The molecule has 2 aromatic rings. The zero-order chi connectivity index (χ0) is 14.0. The molecular formula is C14H10Br2F2O. The standard InChI is InChI=1S/C14H10Br2F2O/c15-10-2-4-12(17)9(5-10)7-14(19)8-1-3-13(18)11(16)6-8/h1-6,14,19H,7H2. The van der Waals surface area contributed by atoms with E-state index >= 15 is 0 Å². The molecule has 2 aromatic carbocycles. The van der Waals surface area contributed by atoms with Crippen LogP contribution in [0.5, 0.6) is 0 Å². The van der Waals surface area contributed by atoms with Crippen molar-refractivity contribution >= 4 is 31.9 Å². The molecule has 0 bridgehead atoms. The van der Waals surface area contributed by atoms with E-state index < -0.39 is 11.9 Å². The largest absolute Gasteiger partial charge is 0.388 e. The zero-order valence-electron chi connectivity index (χ0n) is 9.71. The summed E-state index contributed by atoms with van der Waals surface area (Å²) in [5, 5.41) is 10.1. The first-order valence-electron chi connectivity index (χ1n) is 5.54. The topological polar surface area (TPSA) is 20.2 Å². The first kappa shape index (κ1) is 14.6. The minimum atomic E-state index is -0.888. The Bertz CT molecular complexity index is 602. The lowest BCUT2D eigenvalue weighted by Crippen LogP contribution is -2.04. The molecule has 1 N–H and O–H groups in total. The molecule has 1 nitrogen and oxygen atoms in total. The lowest BCUT2D eigenvalue weighted by molar-refractivity contribution is 0.177. The minimum absolute atomic E-state index is 0.128. The maximum absolute atomic E-state index is 13.6. The van der Waals surface area contributed by atoms with Gasteiger partial charge in [0, 0.05) is 10.9 Å². The van der Waals surface area contributed by atoms with Gasteiger partial charge in [0.1, 0.15) is 11.6 Å². The molecule has 5 heteroatoms. The third-order valence-electron chi connectivity index (χ3n) is 2.75. The van der Waals surface area contributed by atoms with Crippen molar-refractivity contribution in [1.82, 2.24) is 0 Å². The number of hydrogen-bond acceptors (Lipinski definition) is 1. The Morgan fingerprint density at radius 1 is 1.00 bits per heavy atom. The summed E-state index contributed by atoms with van der Waals surface area (Å²) in [5.41, 5.74) is 0.940. The number of hydrogen-bond donors (Lipinski definition) is 1. The smallest absolute Gasteiger partial charge is 0.137 e. The van der Waals surface area contributed by atoms with Crippen LogP contribution in [0.4, 0.5) is 8.78 Å². The molecule has 2 rings (SSSR count). The lowest BCUT2D eigenvalue weighted by Gasteiger charge is -2.12.